The summed E-state index contributed by atoms with van der Waals surface area (Å²) in [7, 11) is 1.75. The predicted octanol–water partition coefficient (Wildman–Crippen LogP) is 1.75. The minimum atomic E-state index is -0.865. The second-order valence-corrected chi connectivity index (χ2v) is 7.53. The molecule has 1 aliphatic heterocycles. The first kappa shape index (κ1) is 19.6. The van der Waals surface area contributed by atoms with Crippen LogP contribution in [0.1, 0.15) is 30.7 Å². The molecule has 7 heteroatoms. The van der Waals surface area contributed by atoms with Gasteiger partial charge in [-0.05, 0) is 25.5 Å². The molecule has 2 fully saturated rings. The normalized spacial score (nSPS) is 25.6. The van der Waals surface area contributed by atoms with Crippen molar-refractivity contribution < 1.29 is 19.4 Å². The fourth-order valence-electron chi connectivity index (χ4n) is 4.14. The number of nitrogens with zero attached hydrogens (tertiary/aromatic N) is 2. The molecule has 7 nitrogen and oxygen atoms in total. The minimum absolute atomic E-state index is 0.0348. The Morgan fingerprint density at radius 1 is 1.30 bits per heavy atom. The van der Waals surface area contributed by atoms with Crippen molar-refractivity contribution in [2.45, 2.75) is 37.3 Å². The summed E-state index contributed by atoms with van der Waals surface area (Å²) in [6, 6.07) is 10.5. The Labute approximate surface area is 160 Å². The Balaban J connectivity index is 1.53. The monoisotopic (exact) mass is 375 g/mol. The van der Waals surface area contributed by atoms with Gasteiger partial charge in [-0.3, -0.25) is 9.69 Å². The van der Waals surface area contributed by atoms with Crippen molar-refractivity contribution >= 4 is 12.0 Å². The number of benzene rings is 1. The lowest BCUT2D eigenvalue weighted by atomic mass is 9.94. The number of carboxylic acid groups (broad SMARTS) is 1. The summed E-state index contributed by atoms with van der Waals surface area (Å²) in [5.74, 6) is -0.496. The molecule has 0 radical (unpaired) electrons. The van der Waals surface area contributed by atoms with Crippen LogP contribution in [0.5, 0.6) is 0 Å². The highest BCUT2D eigenvalue weighted by atomic mass is 16.5. The number of aliphatic carboxylic acids is 1. The highest BCUT2D eigenvalue weighted by molar-refractivity contribution is 5.75. The molecule has 0 bridgehead atoms. The Kier molecular flexibility index (Phi) is 6.68. The molecule has 2 N–H and O–H groups in total. The van der Waals surface area contributed by atoms with Crippen molar-refractivity contribution in [1.82, 2.24) is 15.1 Å². The molecule has 3 atom stereocenters. The van der Waals surface area contributed by atoms with Crippen LogP contribution in [-0.2, 0) is 9.53 Å². The quantitative estimate of drug-likeness (QED) is 0.792. The van der Waals surface area contributed by atoms with Gasteiger partial charge in [-0.1, -0.05) is 36.8 Å². The molecule has 1 saturated heterocycles. The fraction of sp³-hybridized carbons (Fsp3) is 0.600. The number of carbonyl (C=O) groups excluding carboxylic acids is 1. The van der Waals surface area contributed by atoms with Gasteiger partial charge in [-0.2, -0.15) is 0 Å². The first-order valence-corrected chi connectivity index (χ1v) is 9.65. The zero-order valence-corrected chi connectivity index (χ0v) is 15.8. The van der Waals surface area contributed by atoms with E-state index in [1.807, 2.05) is 18.2 Å². The maximum Gasteiger partial charge on any atom is 0.317 e. The van der Waals surface area contributed by atoms with Crippen LogP contribution in [0.4, 0.5) is 4.79 Å². The standard InChI is InChI=1S/C20H29N3O4/c1-22(14-19(24)25)12-16-13-23(10-11-27-16)20(26)21-18-9-5-8-17(18)15-6-3-2-4-7-15/h2-4,6-7,16-18H,5,8-14H2,1H3,(H,21,26)(H,24,25)/t16?,17-,18+/m0/s1. The number of hydrogen-bond donors (Lipinski definition) is 2. The molecular formula is C20H29N3O4. The number of carbonyl (C=O) groups is 2. The highest BCUT2D eigenvalue weighted by Gasteiger charge is 2.32. The largest absolute Gasteiger partial charge is 0.480 e. The van der Waals surface area contributed by atoms with E-state index in [-0.39, 0.29) is 24.7 Å². The average molecular weight is 375 g/mol. The van der Waals surface area contributed by atoms with Crippen LogP contribution in [0.2, 0.25) is 0 Å². The van der Waals surface area contributed by atoms with Crippen molar-refractivity contribution in [2.75, 3.05) is 39.8 Å². The third kappa shape index (κ3) is 5.43. The Bertz CT molecular complexity index is 639. The molecule has 0 spiro atoms. The summed E-state index contributed by atoms with van der Waals surface area (Å²) in [5, 5.41) is 12.1. The first-order chi connectivity index (χ1) is 13.0. The highest BCUT2D eigenvalue weighted by Crippen LogP contribution is 2.34. The Hall–Kier alpha value is -2.12. The zero-order chi connectivity index (χ0) is 19.2. The van der Waals surface area contributed by atoms with Crippen molar-refractivity contribution in [2.24, 2.45) is 0 Å². The summed E-state index contributed by atoms with van der Waals surface area (Å²) >= 11 is 0. The second-order valence-electron chi connectivity index (χ2n) is 7.53. The van der Waals surface area contributed by atoms with E-state index in [9.17, 15) is 9.59 Å². The van der Waals surface area contributed by atoms with E-state index in [2.05, 4.69) is 17.4 Å². The number of ether oxygens (including phenoxy) is 1. The molecule has 2 amide bonds. The summed E-state index contributed by atoms with van der Waals surface area (Å²) in [5.41, 5.74) is 1.29. The van der Waals surface area contributed by atoms with Gasteiger partial charge in [0, 0.05) is 31.6 Å². The van der Waals surface area contributed by atoms with E-state index in [1.165, 1.54) is 5.56 Å². The van der Waals surface area contributed by atoms with Crippen LogP contribution in [0, 0.1) is 0 Å². The van der Waals surface area contributed by atoms with Crippen LogP contribution >= 0.6 is 0 Å². The third-order valence-electron chi connectivity index (χ3n) is 5.40. The number of carboxylic acids is 1. The Morgan fingerprint density at radius 3 is 2.81 bits per heavy atom. The number of likely N-dealkylation sites (N-methyl/N-ethyl adjacent to an activating group) is 1. The number of hydrogen-bond acceptors (Lipinski definition) is 4. The number of amides is 2. The number of urea groups is 1. The van der Waals surface area contributed by atoms with Crippen molar-refractivity contribution in [3.05, 3.63) is 35.9 Å². The maximum atomic E-state index is 12.8. The molecule has 1 unspecified atom stereocenters. The minimum Gasteiger partial charge on any atom is -0.480 e. The van der Waals surface area contributed by atoms with Gasteiger partial charge in [-0.15, -0.1) is 0 Å². The van der Waals surface area contributed by atoms with Gasteiger partial charge in [0.05, 0.1) is 19.3 Å². The van der Waals surface area contributed by atoms with E-state index in [4.69, 9.17) is 9.84 Å². The first-order valence-electron chi connectivity index (χ1n) is 9.65. The summed E-state index contributed by atoms with van der Waals surface area (Å²) < 4.78 is 5.71. The number of rotatable bonds is 6. The van der Waals surface area contributed by atoms with Gasteiger partial charge in [0.25, 0.3) is 0 Å². The number of nitrogens with one attached hydrogen (secondary N) is 1. The molecule has 1 heterocycles. The lowest BCUT2D eigenvalue weighted by Gasteiger charge is -2.35. The second kappa shape index (κ2) is 9.19. The summed E-state index contributed by atoms with van der Waals surface area (Å²) in [6.07, 6.45) is 3.06. The van der Waals surface area contributed by atoms with Crippen molar-refractivity contribution in [3.63, 3.8) is 0 Å². The topological polar surface area (TPSA) is 82.1 Å². The molecule has 1 aromatic carbocycles. The van der Waals surface area contributed by atoms with Crippen LogP contribution in [-0.4, -0.2) is 78.9 Å². The fourth-order valence-corrected chi connectivity index (χ4v) is 4.14. The molecule has 27 heavy (non-hydrogen) atoms. The van der Waals surface area contributed by atoms with Crippen molar-refractivity contribution in [3.8, 4) is 0 Å². The van der Waals surface area contributed by atoms with Crippen molar-refractivity contribution in [1.29, 1.82) is 0 Å². The van der Waals surface area contributed by atoms with Crippen LogP contribution in [0.15, 0.2) is 30.3 Å². The molecule has 1 saturated carbocycles. The third-order valence-corrected chi connectivity index (χ3v) is 5.40. The molecule has 0 aromatic heterocycles. The lowest BCUT2D eigenvalue weighted by molar-refractivity contribution is -0.138. The summed E-state index contributed by atoms with van der Waals surface area (Å²) in [6.45, 7) is 1.98. The van der Waals surface area contributed by atoms with E-state index in [0.717, 1.165) is 19.3 Å². The van der Waals surface area contributed by atoms with Crippen LogP contribution < -0.4 is 5.32 Å². The molecule has 2 aliphatic rings. The van der Waals surface area contributed by atoms with E-state index >= 15 is 0 Å². The van der Waals surface area contributed by atoms with E-state index in [1.54, 1.807) is 16.8 Å². The van der Waals surface area contributed by atoms with Gasteiger partial charge < -0.3 is 20.1 Å². The van der Waals surface area contributed by atoms with E-state index in [0.29, 0.717) is 32.2 Å². The van der Waals surface area contributed by atoms with Gasteiger partial charge in [0.1, 0.15) is 0 Å². The molecule has 3 rings (SSSR count). The molecule has 148 valence electrons. The van der Waals surface area contributed by atoms with Crippen LogP contribution in [0.25, 0.3) is 0 Å². The zero-order valence-electron chi connectivity index (χ0n) is 15.8. The molecule has 1 aliphatic carbocycles. The van der Waals surface area contributed by atoms with Gasteiger partial charge in [0.15, 0.2) is 0 Å². The SMILES string of the molecule is CN(CC(=O)O)CC1CN(C(=O)N[C@@H]2CCC[C@H]2c2ccccc2)CCO1. The predicted molar refractivity (Wildman–Crippen MR) is 102 cm³/mol. The van der Waals surface area contributed by atoms with E-state index < -0.39 is 5.97 Å². The van der Waals surface area contributed by atoms with Crippen LogP contribution in [0.3, 0.4) is 0 Å². The molecular weight excluding hydrogens is 346 g/mol. The van der Waals surface area contributed by atoms with Gasteiger partial charge >= 0.3 is 12.0 Å². The smallest absolute Gasteiger partial charge is 0.317 e. The molecule has 1 aromatic rings. The number of morpholine rings is 1. The van der Waals surface area contributed by atoms with Gasteiger partial charge in [-0.25, -0.2) is 4.79 Å². The van der Waals surface area contributed by atoms with Gasteiger partial charge in [0.2, 0.25) is 0 Å². The summed E-state index contributed by atoms with van der Waals surface area (Å²) in [4.78, 5) is 27.1. The average Bonchev–Trinajstić information content (AvgIpc) is 3.10. The maximum absolute atomic E-state index is 12.8. The lowest BCUT2D eigenvalue weighted by Crippen LogP contribution is -2.54. The Morgan fingerprint density at radius 2 is 2.07 bits per heavy atom.